The van der Waals surface area contributed by atoms with E-state index in [9.17, 15) is 0 Å². The number of aryl methyl sites for hydroxylation is 1. The Labute approximate surface area is 128 Å². The highest BCUT2D eigenvalue weighted by Crippen LogP contribution is 2.29. The van der Waals surface area contributed by atoms with Crippen molar-refractivity contribution in [3.05, 3.63) is 40.6 Å². The molecule has 1 aliphatic heterocycles. The number of nitrogens with zero attached hydrogens (tertiary/aromatic N) is 2. The molecule has 20 heavy (non-hydrogen) atoms. The maximum atomic E-state index is 5.78. The molecule has 2 heterocycles. The molecule has 1 saturated heterocycles. The molecule has 0 radical (unpaired) electrons. The zero-order valence-corrected chi connectivity index (χ0v) is 13.3. The minimum atomic E-state index is 0.109. The lowest BCUT2D eigenvalue weighted by Gasteiger charge is -2.22. The number of aromatic nitrogens is 2. The van der Waals surface area contributed by atoms with Gasteiger partial charge in [-0.05, 0) is 48.9 Å². The summed E-state index contributed by atoms with van der Waals surface area (Å²) >= 11 is 3.54. The van der Waals surface area contributed by atoms with Crippen molar-refractivity contribution in [3.63, 3.8) is 0 Å². The van der Waals surface area contributed by atoms with Crippen LogP contribution in [0, 0.1) is 0 Å². The highest BCUT2D eigenvalue weighted by molar-refractivity contribution is 9.10. The quantitative estimate of drug-likeness (QED) is 0.821. The summed E-state index contributed by atoms with van der Waals surface area (Å²) < 4.78 is 8.88. The summed E-state index contributed by atoms with van der Waals surface area (Å²) in [5.74, 6) is 0. The maximum absolute atomic E-state index is 5.78. The van der Waals surface area contributed by atoms with Crippen LogP contribution < -0.4 is 0 Å². The zero-order valence-electron chi connectivity index (χ0n) is 11.7. The fourth-order valence-corrected chi connectivity index (χ4v) is 3.11. The Kier molecular flexibility index (Phi) is 4.22. The van der Waals surface area contributed by atoms with Gasteiger partial charge in [-0.3, -0.25) is 0 Å². The molecule has 0 saturated carbocycles. The van der Waals surface area contributed by atoms with Crippen molar-refractivity contribution in [1.29, 1.82) is 0 Å². The Hall–Kier alpha value is -1.13. The molecule has 0 bridgehead atoms. The van der Waals surface area contributed by atoms with Crippen molar-refractivity contribution in [2.75, 3.05) is 6.61 Å². The molecule has 3 nitrogen and oxygen atoms in total. The fraction of sp³-hybridized carbons (Fsp3) is 0.438. The number of ether oxygens (including phenoxy) is 1. The first kappa shape index (κ1) is 13.8. The molecule has 1 aromatic heterocycles. The van der Waals surface area contributed by atoms with E-state index in [0.29, 0.717) is 0 Å². The van der Waals surface area contributed by atoms with E-state index < -0.39 is 0 Å². The van der Waals surface area contributed by atoms with E-state index in [4.69, 9.17) is 4.74 Å². The number of halogens is 1. The monoisotopic (exact) mass is 334 g/mol. The normalized spacial score (nSPS) is 19.2. The summed E-state index contributed by atoms with van der Waals surface area (Å²) in [6.45, 7) is 3.03. The van der Waals surface area contributed by atoms with Crippen LogP contribution in [-0.2, 0) is 11.2 Å². The average Bonchev–Trinajstić information content (AvgIpc) is 2.97. The van der Waals surface area contributed by atoms with Gasteiger partial charge >= 0.3 is 0 Å². The third kappa shape index (κ3) is 2.81. The molecule has 1 aliphatic rings. The van der Waals surface area contributed by atoms with Gasteiger partial charge in [0.05, 0.1) is 6.20 Å². The van der Waals surface area contributed by atoms with Gasteiger partial charge in [-0.2, -0.15) is 5.10 Å². The lowest BCUT2D eigenvalue weighted by molar-refractivity contribution is -0.0394. The average molecular weight is 335 g/mol. The lowest BCUT2D eigenvalue weighted by atomic mass is 10.0. The second-order valence-electron chi connectivity index (χ2n) is 5.19. The van der Waals surface area contributed by atoms with Crippen LogP contribution in [-0.4, -0.2) is 16.4 Å². The van der Waals surface area contributed by atoms with E-state index in [1.165, 1.54) is 23.1 Å². The molecular formula is C16H19BrN2O. The summed E-state index contributed by atoms with van der Waals surface area (Å²) in [5.41, 5.74) is 3.77. The van der Waals surface area contributed by atoms with Gasteiger partial charge in [0.15, 0.2) is 0 Å². The van der Waals surface area contributed by atoms with Crippen LogP contribution in [0.25, 0.3) is 11.1 Å². The van der Waals surface area contributed by atoms with Gasteiger partial charge in [0.2, 0.25) is 0 Å². The summed E-state index contributed by atoms with van der Waals surface area (Å²) in [7, 11) is 0. The Bertz CT molecular complexity index is 588. The van der Waals surface area contributed by atoms with E-state index in [1.807, 2.05) is 10.9 Å². The first-order chi connectivity index (χ1) is 9.78. The Morgan fingerprint density at radius 3 is 3.05 bits per heavy atom. The first-order valence-corrected chi connectivity index (χ1v) is 8.02. The highest BCUT2D eigenvalue weighted by Gasteiger charge is 2.17. The number of hydrogen-bond donors (Lipinski definition) is 0. The molecule has 1 atom stereocenters. The van der Waals surface area contributed by atoms with Gasteiger partial charge in [-0.1, -0.05) is 28.9 Å². The molecule has 2 aromatic rings. The minimum absolute atomic E-state index is 0.109. The third-order valence-corrected chi connectivity index (χ3v) is 4.30. The van der Waals surface area contributed by atoms with Crippen LogP contribution in [0.5, 0.6) is 0 Å². The number of hydrogen-bond acceptors (Lipinski definition) is 2. The molecule has 0 spiro atoms. The Morgan fingerprint density at radius 2 is 2.30 bits per heavy atom. The van der Waals surface area contributed by atoms with Crippen LogP contribution >= 0.6 is 15.9 Å². The van der Waals surface area contributed by atoms with Crippen molar-refractivity contribution in [3.8, 4) is 11.1 Å². The summed E-state index contributed by atoms with van der Waals surface area (Å²) in [4.78, 5) is 0. The van der Waals surface area contributed by atoms with Crippen LogP contribution in [0.4, 0.5) is 0 Å². The molecule has 1 aromatic carbocycles. The van der Waals surface area contributed by atoms with Crippen molar-refractivity contribution in [2.45, 2.75) is 38.8 Å². The first-order valence-electron chi connectivity index (χ1n) is 7.22. The van der Waals surface area contributed by atoms with Crippen molar-refractivity contribution in [1.82, 2.24) is 9.78 Å². The SMILES string of the molecule is CCc1cc(Br)ccc1-c1cnn(C2CCCCO2)c1. The standard InChI is InChI=1S/C16H19BrN2O/c1-2-12-9-14(17)6-7-15(12)13-10-18-19(11-13)16-5-3-4-8-20-16/h6-7,9-11,16H,2-5,8H2,1H3. The van der Waals surface area contributed by atoms with Gasteiger partial charge in [-0.15, -0.1) is 0 Å². The highest BCUT2D eigenvalue weighted by atomic mass is 79.9. The summed E-state index contributed by atoms with van der Waals surface area (Å²) in [6.07, 6.45) is 8.62. The molecule has 1 unspecified atom stereocenters. The Morgan fingerprint density at radius 1 is 1.40 bits per heavy atom. The number of rotatable bonds is 3. The smallest absolute Gasteiger partial charge is 0.150 e. The van der Waals surface area contributed by atoms with Gasteiger partial charge in [-0.25, -0.2) is 4.68 Å². The Balaban J connectivity index is 1.89. The lowest BCUT2D eigenvalue weighted by Crippen LogP contribution is -2.18. The van der Waals surface area contributed by atoms with Gasteiger partial charge < -0.3 is 4.74 Å². The fourth-order valence-electron chi connectivity index (χ4n) is 2.70. The third-order valence-electron chi connectivity index (χ3n) is 3.81. The molecule has 1 fully saturated rings. The predicted octanol–water partition coefficient (Wildman–Crippen LogP) is 4.57. The summed E-state index contributed by atoms with van der Waals surface area (Å²) in [5, 5.41) is 4.49. The van der Waals surface area contributed by atoms with Gasteiger partial charge in [0.1, 0.15) is 6.23 Å². The second-order valence-corrected chi connectivity index (χ2v) is 6.10. The van der Waals surface area contributed by atoms with Crippen molar-refractivity contribution in [2.24, 2.45) is 0 Å². The largest absolute Gasteiger partial charge is 0.357 e. The molecule has 106 valence electrons. The molecule has 4 heteroatoms. The molecule has 3 rings (SSSR count). The van der Waals surface area contributed by atoms with Gasteiger partial charge in [0, 0.05) is 22.8 Å². The zero-order chi connectivity index (χ0) is 13.9. The number of benzene rings is 1. The van der Waals surface area contributed by atoms with E-state index in [1.54, 1.807) is 0 Å². The van der Waals surface area contributed by atoms with E-state index in [2.05, 4.69) is 52.3 Å². The minimum Gasteiger partial charge on any atom is -0.357 e. The summed E-state index contributed by atoms with van der Waals surface area (Å²) in [6, 6.07) is 6.43. The van der Waals surface area contributed by atoms with Crippen molar-refractivity contribution >= 4 is 15.9 Å². The van der Waals surface area contributed by atoms with Crippen LogP contribution in [0.15, 0.2) is 35.1 Å². The van der Waals surface area contributed by atoms with Crippen molar-refractivity contribution < 1.29 is 4.74 Å². The molecular weight excluding hydrogens is 316 g/mol. The molecule has 0 N–H and O–H groups in total. The topological polar surface area (TPSA) is 27.1 Å². The van der Waals surface area contributed by atoms with E-state index >= 15 is 0 Å². The van der Waals surface area contributed by atoms with Crippen LogP contribution in [0.3, 0.4) is 0 Å². The predicted molar refractivity (Wildman–Crippen MR) is 83.6 cm³/mol. The molecule has 0 amide bonds. The van der Waals surface area contributed by atoms with Crippen LogP contribution in [0.2, 0.25) is 0 Å². The van der Waals surface area contributed by atoms with Gasteiger partial charge in [0.25, 0.3) is 0 Å². The van der Waals surface area contributed by atoms with Crippen LogP contribution in [0.1, 0.15) is 38.0 Å². The maximum Gasteiger partial charge on any atom is 0.150 e. The second kappa shape index (κ2) is 6.10. The molecule has 0 aliphatic carbocycles. The van der Waals surface area contributed by atoms with E-state index in [0.717, 1.165) is 30.3 Å². The van der Waals surface area contributed by atoms with E-state index in [-0.39, 0.29) is 6.23 Å².